The second kappa shape index (κ2) is 11.9. The number of aromatic nitrogens is 2. The molecule has 13 heteroatoms. The monoisotopic (exact) mass is 644 g/mol. The van der Waals surface area contributed by atoms with E-state index in [1.54, 1.807) is 42.6 Å². The summed E-state index contributed by atoms with van der Waals surface area (Å²) in [7, 11) is -0.960. The van der Waals surface area contributed by atoms with Crippen molar-refractivity contribution in [2.75, 3.05) is 31.3 Å². The Morgan fingerprint density at radius 2 is 1.78 bits per heavy atom. The lowest BCUT2D eigenvalue weighted by molar-refractivity contribution is 0.0964. The molecule has 0 aliphatic rings. The molecular weight excluding hydrogens is 615 g/mol. The number of methoxy groups -OCH3 is 1. The van der Waals surface area contributed by atoms with Crippen LogP contribution in [0.2, 0.25) is 0 Å². The SMILES string of the molecule is CNC(=O)c1c(-c2ccc(F)cc2)oc2cc(N(CC(C)O)S(C)(=O)=O)c(-c3ccc(OC)c(-c4nc5ncccc5o4)c3)cc12. The highest BCUT2D eigenvalue weighted by Gasteiger charge is 2.28. The van der Waals surface area contributed by atoms with Crippen molar-refractivity contribution >= 4 is 43.8 Å². The first-order valence-electron chi connectivity index (χ1n) is 14.1. The molecule has 2 N–H and O–H groups in total. The summed E-state index contributed by atoms with van der Waals surface area (Å²) in [5.74, 6) is -0.0805. The van der Waals surface area contributed by atoms with E-state index in [0.717, 1.165) is 10.6 Å². The molecule has 0 aliphatic carbocycles. The third kappa shape index (κ3) is 5.66. The second-order valence-corrected chi connectivity index (χ2v) is 12.6. The largest absolute Gasteiger partial charge is 0.496 e. The predicted molar refractivity (Wildman–Crippen MR) is 172 cm³/mol. The van der Waals surface area contributed by atoms with Gasteiger partial charge >= 0.3 is 0 Å². The van der Waals surface area contributed by atoms with Crippen LogP contribution in [0.5, 0.6) is 5.75 Å². The van der Waals surface area contributed by atoms with E-state index in [-0.39, 0.29) is 35.0 Å². The third-order valence-electron chi connectivity index (χ3n) is 7.37. The molecule has 3 aromatic carbocycles. The number of halogens is 1. The zero-order valence-corrected chi connectivity index (χ0v) is 26.1. The van der Waals surface area contributed by atoms with Gasteiger partial charge in [-0.2, -0.15) is 4.98 Å². The van der Waals surface area contributed by atoms with E-state index in [0.29, 0.717) is 44.6 Å². The Morgan fingerprint density at radius 1 is 1.04 bits per heavy atom. The average molecular weight is 645 g/mol. The summed E-state index contributed by atoms with van der Waals surface area (Å²) in [6, 6.07) is 17.3. The Labute approximate surface area is 263 Å². The van der Waals surface area contributed by atoms with Gasteiger partial charge in [0, 0.05) is 35.8 Å². The smallest absolute Gasteiger partial charge is 0.255 e. The molecule has 1 amide bonds. The van der Waals surface area contributed by atoms with Crippen LogP contribution in [0.4, 0.5) is 10.1 Å². The van der Waals surface area contributed by atoms with Crippen LogP contribution in [0, 0.1) is 5.82 Å². The lowest BCUT2D eigenvalue weighted by atomic mass is 9.96. The first kappa shape index (κ1) is 30.7. The van der Waals surface area contributed by atoms with Crippen LogP contribution in [-0.4, -0.2) is 62.5 Å². The third-order valence-corrected chi connectivity index (χ3v) is 8.52. The second-order valence-electron chi connectivity index (χ2n) is 10.7. The zero-order chi connectivity index (χ0) is 32.7. The van der Waals surface area contributed by atoms with Gasteiger partial charge in [0.2, 0.25) is 15.9 Å². The van der Waals surface area contributed by atoms with Gasteiger partial charge in [-0.15, -0.1) is 0 Å². The number of oxazole rings is 1. The fourth-order valence-corrected chi connectivity index (χ4v) is 6.30. The number of hydrogen-bond donors (Lipinski definition) is 2. The molecule has 0 bridgehead atoms. The summed E-state index contributed by atoms with van der Waals surface area (Å²) in [6.45, 7) is 1.22. The van der Waals surface area contributed by atoms with Crippen LogP contribution < -0.4 is 14.4 Å². The van der Waals surface area contributed by atoms with E-state index >= 15 is 0 Å². The lowest BCUT2D eigenvalue weighted by Crippen LogP contribution is -2.36. The van der Waals surface area contributed by atoms with E-state index in [4.69, 9.17) is 13.6 Å². The Kier molecular flexibility index (Phi) is 7.96. The maximum atomic E-state index is 13.8. The summed E-state index contributed by atoms with van der Waals surface area (Å²) in [5, 5.41) is 13.3. The Hall–Kier alpha value is -5.27. The molecule has 1 unspecified atom stereocenters. The molecule has 0 spiro atoms. The van der Waals surface area contributed by atoms with Crippen molar-refractivity contribution in [3.05, 3.63) is 84.3 Å². The van der Waals surface area contributed by atoms with E-state index in [9.17, 15) is 22.7 Å². The number of fused-ring (bicyclic) bond motifs is 2. The van der Waals surface area contributed by atoms with Gasteiger partial charge in [0.1, 0.15) is 22.9 Å². The fourth-order valence-electron chi connectivity index (χ4n) is 5.30. The van der Waals surface area contributed by atoms with E-state index in [1.165, 1.54) is 51.4 Å². The number of carbonyl (C=O) groups is 1. The number of nitrogens with one attached hydrogen (secondary N) is 1. The number of aliphatic hydroxyl groups excluding tert-OH is 1. The molecule has 0 saturated heterocycles. The number of benzene rings is 3. The van der Waals surface area contributed by atoms with Gasteiger partial charge < -0.3 is 24.0 Å². The van der Waals surface area contributed by atoms with Crippen LogP contribution in [-0.2, 0) is 10.0 Å². The molecule has 236 valence electrons. The Morgan fingerprint density at radius 3 is 2.43 bits per heavy atom. The highest BCUT2D eigenvalue weighted by atomic mass is 32.2. The summed E-state index contributed by atoms with van der Waals surface area (Å²) in [6.07, 6.45) is 1.61. The minimum Gasteiger partial charge on any atom is -0.496 e. The highest BCUT2D eigenvalue weighted by molar-refractivity contribution is 7.92. The van der Waals surface area contributed by atoms with Gasteiger partial charge in [0.15, 0.2) is 11.2 Å². The van der Waals surface area contributed by atoms with Gasteiger partial charge in [0.05, 0.1) is 42.8 Å². The number of carbonyl (C=O) groups excluding carboxylic acids is 1. The van der Waals surface area contributed by atoms with Gasteiger partial charge in [-0.1, -0.05) is 6.07 Å². The molecule has 1 atom stereocenters. The van der Waals surface area contributed by atoms with Crippen LogP contribution >= 0.6 is 0 Å². The molecule has 3 aromatic heterocycles. The number of pyridine rings is 1. The minimum atomic E-state index is -3.94. The first-order chi connectivity index (χ1) is 22.0. The van der Waals surface area contributed by atoms with Crippen molar-refractivity contribution in [1.29, 1.82) is 0 Å². The molecule has 11 nitrogen and oxygen atoms in total. The standard InChI is InChI=1S/C33H29FN4O7S/c1-18(39)17-38(46(4,41)42)25-16-28-23(29(32(40)35-2)30(44-28)19-7-10-21(34)11-8-19)15-22(25)20-9-12-26(43-3)24(14-20)33-37-31-27(45-33)6-5-13-36-31/h5-16,18,39H,17H2,1-4H3,(H,35,40). The maximum absolute atomic E-state index is 13.8. The molecular formula is C33H29FN4O7S. The van der Waals surface area contributed by atoms with Gasteiger partial charge in [0.25, 0.3) is 5.91 Å². The quantitative estimate of drug-likeness (QED) is 0.204. The number of nitrogens with zero attached hydrogens (tertiary/aromatic N) is 3. The summed E-state index contributed by atoms with van der Waals surface area (Å²) in [5.41, 5.74) is 3.27. The van der Waals surface area contributed by atoms with E-state index in [1.807, 2.05) is 0 Å². The van der Waals surface area contributed by atoms with Gasteiger partial charge in [-0.05, 0) is 67.1 Å². The van der Waals surface area contributed by atoms with Crippen LogP contribution in [0.3, 0.4) is 0 Å². The van der Waals surface area contributed by atoms with Crippen molar-refractivity contribution in [2.45, 2.75) is 13.0 Å². The molecule has 0 fully saturated rings. The summed E-state index contributed by atoms with van der Waals surface area (Å²) >= 11 is 0. The predicted octanol–water partition coefficient (Wildman–Crippen LogP) is 5.62. The maximum Gasteiger partial charge on any atom is 0.255 e. The van der Waals surface area contributed by atoms with Crippen LogP contribution in [0.1, 0.15) is 17.3 Å². The van der Waals surface area contributed by atoms with Crippen molar-refractivity contribution < 1.29 is 36.3 Å². The fraction of sp³-hybridized carbons (Fsp3) is 0.182. The Balaban J connectivity index is 1.66. The van der Waals surface area contributed by atoms with Crippen molar-refractivity contribution in [1.82, 2.24) is 15.3 Å². The van der Waals surface area contributed by atoms with Gasteiger partial charge in [-0.25, -0.2) is 17.8 Å². The number of aliphatic hydroxyl groups is 1. The molecule has 0 radical (unpaired) electrons. The lowest BCUT2D eigenvalue weighted by Gasteiger charge is -2.26. The van der Waals surface area contributed by atoms with E-state index < -0.39 is 27.9 Å². The van der Waals surface area contributed by atoms with Crippen LogP contribution in [0.25, 0.3) is 56.1 Å². The summed E-state index contributed by atoms with van der Waals surface area (Å²) < 4.78 is 59.0. The van der Waals surface area contributed by atoms with Crippen molar-refractivity contribution in [3.8, 4) is 39.7 Å². The van der Waals surface area contributed by atoms with Crippen molar-refractivity contribution in [3.63, 3.8) is 0 Å². The zero-order valence-electron chi connectivity index (χ0n) is 25.2. The van der Waals surface area contributed by atoms with E-state index in [2.05, 4.69) is 15.3 Å². The van der Waals surface area contributed by atoms with Gasteiger partial charge in [-0.3, -0.25) is 9.10 Å². The van der Waals surface area contributed by atoms with Crippen molar-refractivity contribution in [2.24, 2.45) is 0 Å². The molecule has 0 saturated carbocycles. The highest BCUT2D eigenvalue weighted by Crippen LogP contribution is 2.43. The number of amides is 1. The topological polar surface area (TPSA) is 148 Å². The molecule has 0 aliphatic heterocycles. The average Bonchev–Trinajstić information content (AvgIpc) is 3.64. The number of ether oxygens (including phenoxy) is 1. The molecule has 6 rings (SSSR count). The summed E-state index contributed by atoms with van der Waals surface area (Å²) in [4.78, 5) is 22.1. The number of hydrogen-bond acceptors (Lipinski definition) is 9. The Bertz CT molecular complexity index is 2180. The molecule has 3 heterocycles. The number of sulfonamides is 1. The van der Waals surface area contributed by atoms with Crippen LogP contribution in [0.15, 0.2) is 81.8 Å². The number of rotatable bonds is 9. The normalized spacial score (nSPS) is 12.4. The first-order valence-corrected chi connectivity index (χ1v) is 16.0. The number of furan rings is 1. The molecule has 46 heavy (non-hydrogen) atoms. The minimum absolute atomic E-state index is 0.174. The molecule has 6 aromatic rings. The number of anilines is 1.